The highest BCUT2D eigenvalue weighted by atomic mass is 16.4. The number of carboxylic acid groups (broad SMARTS) is 2. The first-order chi connectivity index (χ1) is 10.0. The molecule has 0 aromatic rings. The molecule has 0 saturated carbocycles. The Labute approximate surface area is 127 Å². The molecule has 3 atom stereocenters. The zero-order chi connectivity index (χ0) is 15.7. The van der Waals surface area contributed by atoms with Crippen LogP contribution in [0.5, 0.6) is 0 Å². The first kappa shape index (κ1) is 18.0. The molecule has 0 radical (unpaired) electrons. The van der Waals surface area contributed by atoms with Crippen LogP contribution in [0.4, 0.5) is 0 Å². The van der Waals surface area contributed by atoms with Crippen molar-refractivity contribution in [1.82, 2.24) is 5.32 Å². The third-order valence-electron chi connectivity index (χ3n) is 4.46. The molecular weight excluding hydrogens is 270 g/mol. The van der Waals surface area contributed by atoms with Crippen molar-refractivity contribution in [1.29, 1.82) is 0 Å². The standard InChI is InChI=1S/C16H29NO4/c1-12-11-13(9-10-17-12)14(16(20)21)7-5-3-2-4-6-8-15(18)19/h12-14,17H,2-11H2,1H3,(H,18,19)(H,20,21). The molecule has 1 aliphatic heterocycles. The fourth-order valence-corrected chi connectivity index (χ4v) is 3.27. The normalized spacial score (nSPS) is 23.7. The van der Waals surface area contributed by atoms with Crippen molar-refractivity contribution in [3.05, 3.63) is 0 Å². The van der Waals surface area contributed by atoms with Gasteiger partial charge in [-0.05, 0) is 45.1 Å². The summed E-state index contributed by atoms with van der Waals surface area (Å²) in [6.45, 7) is 3.04. The Morgan fingerprint density at radius 3 is 2.43 bits per heavy atom. The number of carboxylic acids is 2. The molecule has 1 fully saturated rings. The molecule has 5 nitrogen and oxygen atoms in total. The maximum absolute atomic E-state index is 11.5. The summed E-state index contributed by atoms with van der Waals surface area (Å²) in [5.74, 6) is -1.31. The van der Waals surface area contributed by atoms with E-state index in [1.54, 1.807) is 0 Å². The van der Waals surface area contributed by atoms with Crippen molar-refractivity contribution >= 4 is 11.9 Å². The van der Waals surface area contributed by atoms with Crippen LogP contribution in [0.25, 0.3) is 0 Å². The molecule has 122 valence electrons. The molecule has 1 heterocycles. The van der Waals surface area contributed by atoms with E-state index in [1.165, 1.54) is 0 Å². The third-order valence-corrected chi connectivity index (χ3v) is 4.46. The van der Waals surface area contributed by atoms with Crippen LogP contribution in [0.2, 0.25) is 0 Å². The molecule has 3 unspecified atom stereocenters. The van der Waals surface area contributed by atoms with Gasteiger partial charge in [0.25, 0.3) is 0 Å². The minimum Gasteiger partial charge on any atom is -0.481 e. The highest BCUT2D eigenvalue weighted by Crippen LogP contribution is 2.29. The fourth-order valence-electron chi connectivity index (χ4n) is 3.27. The zero-order valence-electron chi connectivity index (χ0n) is 13.0. The highest BCUT2D eigenvalue weighted by Gasteiger charge is 2.30. The van der Waals surface area contributed by atoms with E-state index < -0.39 is 11.9 Å². The number of hydrogen-bond acceptors (Lipinski definition) is 3. The molecule has 1 rings (SSSR count). The first-order valence-electron chi connectivity index (χ1n) is 8.18. The van der Waals surface area contributed by atoms with Gasteiger partial charge in [0.1, 0.15) is 0 Å². The number of unbranched alkanes of at least 4 members (excludes halogenated alkanes) is 4. The summed E-state index contributed by atoms with van der Waals surface area (Å²) in [4.78, 5) is 21.8. The monoisotopic (exact) mass is 299 g/mol. The van der Waals surface area contributed by atoms with Crippen molar-refractivity contribution in [3.63, 3.8) is 0 Å². The molecule has 5 heteroatoms. The minimum absolute atomic E-state index is 0.214. The number of carbonyl (C=O) groups is 2. The summed E-state index contributed by atoms with van der Waals surface area (Å²) in [6.07, 6.45) is 7.50. The van der Waals surface area contributed by atoms with E-state index in [4.69, 9.17) is 5.11 Å². The molecule has 1 aliphatic rings. The summed E-state index contributed by atoms with van der Waals surface area (Å²) >= 11 is 0. The Morgan fingerprint density at radius 1 is 1.14 bits per heavy atom. The van der Waals surface area contributed by atoms with Crippen LogP contribution < -0.4 is 5.32 Å². The molecule has 3 N–H and O–H groups in total. The van der Waals surface area contributed by atoms with E-state index in [2.05, 4.69) is 12.2 Å². The van der Waals surface area contributed by atoms with Crippen LogP contribution in [-0.4, -0.2) is 34.7 Å². The summed E-state index contributed by atoms with van der Waals surface area (Å²) < 4.78 is 0. The quantitative estimate of drug-likeness (QED) is 0.540. The van der Waals surface area contributed by atoms with Gasteiger partial charge in [0, 0.05) is 12.5 Å². The van der Waals surface area contributed by atoms with Gasteiger partial charge in [-0.1, -0.05) is 25.7 Å². The average molecular weight is 299 g/mol. The van der Waals surface area contributed by atoms with Gasteiger partial charge < -0.3 is 15.5 Å². The first-order valence-corrected chi connectivity index (χ1v) is 8.18. The summed E-state index contributed by atoms with van der Waals surface area (Å²) in [5, 5.41) is 21.3. The number of aliphatic carboxylic acids is 2. The minimum atomic E-state index is -0.735. The molecule has 0 spiro atoms. The predicted molar refractivity (Wildman–Crippen MR) is 81.3 cm³/mol. The Balaban J connectivity index is 2.19. The average Bonchev–Trinajstić information content (AvgIpc) is 2.41. The molecule has 21 heavy (non-hydrogen) atoms. The van der Waals surface area contributed by atoms with Crippen molar-refractivity contribution in [2.24, 2.45) is 11.8 Å². The predicted octanol–water partition coefficient (Wildman–Crippen LogP) is 2.89. The lowest BCUT2D eigenvalue weighted by Gasteiger charge is -2.32. The van der Waals surface area contributed by atoms with Gasteiger partial charge in [-0.15, -0.1) is 0 Å². The van der Waals surface area contributed by atoms with Gasteiger partial charge in [-0.2, -0.15) is 0 Å². The van der Waals surface area contributed by atoms with Crippen molar-refractivity contribution in [2.75, 3.05) is 6.54 Å². The number of nitrogens with one attached hydrogen (secondary N) is 1. The lowest BCUT2D eigenvalue weighted by Crippen LogP contribution is -2.40. The summed E-state index contributed by atoms with van der Waals surface area (Å²) in [7, 11) is 0. The van der Waals surface area contributed by atoms with Crippen molar-refractivity contribution in [3.8, 4) is 0 Å². The smallest absolute Gasteiger partial charge is 0.306 e. The van der Waals surface area contributed by atoms with Crippen LogP contribution in [0.15, 0.2) is 0 Å². The topological polar surface area (TPSA) is 86.6 Å². The lowest BCUT2D eigenvalue weighted by molar-refractivity contribution is -0.144. The highest BCUT2D eigenvalue weighted by molar-refractivity contribution is 5.70. The largest absolute Gasteiger partial charge is 0.481 e. The summed E-state index contributed by atoms with van der Waals surface area (Å²) in [6, 6.07) is 0.418. The molecule has 0 aromatic carbocycles. The van der Waals surface area contributed by atoms with E-state index in [1.807, 2.05) is 0 Å². The van der Waals surface area contributed by atoms with Crippen LogP contribution in [0, 0.1) is 11.8 Å². The van der Waals surface area contributed by atoms with Crippen molar-refractivity contribution < 1.29 is 19.8 Å². The van der Waals surface area contributed by atoms with Gasteiger partial charge in [0.15, 0.2) is 0 Å². The molecule has 0 aromatic heterocycles. The van der Waals surface area contributed by atoms with E-state index in [0.717, 1.165) is 57.9 Å². The third kappa shape index (κ3) is 7.46. The maximum atomic E-state index is 11.5. The van der Waals surface area contributed by atoms with Crippen LogP contribution in [0.1, 0.15) is 64.7 Å². The van der Waals surface area contributed by atoms with Crippen LogP contribution in [-0.2, 0) is 9.59 Å². The Hall–Kier alpha value is -1.10. The molecule has 0 aliphatic carbocycles. The van der Waals surface area contributed by atoms with E-state index >= 15 is 0 Å². The molecule has 0 bridgehead atoms. The Kier molecular flexibility index (Phi) is 8.35. The van der Waals surface area contributed by atoms with Gasteiger partial charge >= 0.3 is 11.9 Å². The maximum Gasteiger partial charge on any atom is 0.306 e. The Bertz CT molecular complexity index is 332. The molecule has 0 amide bonds. The second-order valence-electron chi connectivity index (χ2n) is 6.28. The SMILES string of the molecule is CC1CC(C(CCCCCCCC(=O)O)C(=O)O)CCN1. The van der Waals surface area contributed by atoms with Crippen LogP contribution >= 0.6 is 0 Å². The fraction of sp³-hybridized carbons (Fsp3) is 0.875. The van der Waals surface area contributed by atoms with E-state index in [0.29, 0.717) is 12.0 Å². The van der Waals surface area contributed by atoms with Gasteiger partial charge in [-0.25, -0.2) is 0 Å². The van der Waals surface area contributed by atoms with Crippen molar-refractivity contribution in [2.45, 2.75) is 70.8 Å². The number of piperidine rings is 1. The summed E-state index contributed by atoms with van der Waals surface area (Å²) in [5.41, 5.74) is 0. The Morgan fingerprint density at radius 2 is 1.81 bits per heavy atom. The lowest BCUT2D eigenvalue weighted by atomic mass is 9.79. The van der Waals surface area contributed by atoms with Gasteiger partial charge in [0.2, 0.25) is 0 Å². The molecular formula is C16H29NO4. The second kappa shape index (κ2) is 9.77. The van der Waals surface area contributed by atoms with Gasteiger partial charge in [-0.3, -0.25) is 9.59 Å². The van der Waals surface area contributed by atoms with Gasteiger partial charge in [0.05, 0.1) is 5.92 Å². The number of hydrogen-bond donors (Lipinski definition) is 3. The van der Waals surface area contributed by atoms with Crippen LogP contribution in [0.3, 0.4) is 0 Å². The van der Waals surface area contributed by atoms with E-state index in [9.17, 15) is 14.7 Å². The zero-order valence-corrected chi connectivity index (χ0v) is 13.0. The number of rotatable bonds is 10. The second-order valence-corrected chi connectivity index (χ2v) is 6.28. The molecule has 1 saturated heterocycles. The van der Waals surface area contributed by atoms with E-state index in [-0.39, 0.29) is 12.3 Å².